The van der Waals surface area contributed by atoms with Crippen LogP contribution in [0.25, 0.3) is 0 Å². The van der Waals surface area contributed by atoms with Crippen molar-refractivity contribution in [2.75, 3.05) is 11.1 Å². The van der Waals surface area contributed by atoms with Gasteiger partial charge >= 0.3 is 0 Å². The Morgan fingerprint density at radius 3 is 2.80 bits per heavy atom. The molecule has 0 amide bonds. The smallest absolute Gasteiger partial charge is 0.139 e. The second-order valence-electron chi connectivity index (χ2n) is 4.12. The fourth-order valence-corrected chi connectivity index (χ4v) is 1.99. The van der Waals surface area contributed by atoms with Gasteiger partial charge in [0.15, 0.2) is 0 Å². The van der Waals surface area contributed by atoms with Crippen LogP contribution in [0, 0.1) is 11.7 Å². The fourth-order valence-electron chi connectivity index (χ4n) is 1.65. The van der Waals surface area contributed by atoms with Crippen LogP contribution in [0.5, 0.6) is 0 Å². The van der Waals surface area contributed by atoms with Crippen LogP contribution in [-0.2, 0) is 0 Å². The molecule has 82 valence electrons. The van der Waals surface area contributed by atoms with Crippen LogP contribution in [0.15, 0.2) is 16.6 Å². The lowest BCUT2D eigenvalue weighted by Gasteiger charge is -2.16. The van der Waals surface area contributed by atoms with Gasteiger partial charge in [0.1, 0.15) is 5.82 Å². The summed E-state index contributed by atoms with van der Waals surface area (Å²) in [5.74, 6) is 0.422. The summed E-state index contributed by atoms with van der Waals surface area (Å²) in [6, 6.07) is 3.44. The van der Waals surface area contributed by atoms with Crippen LogP contribution < -0.4 is 11.1 Å². The summed E-state index contributed by atoms with van der Waals surface area (Å²) < 4.78 is 13.6. The van der Waals surface area contributed by atoms with Gasteiger partial charge in [-0.05, 0) is 47.7 Å². The van der Waals surface area contributed by atoms with E-state index in [-0.39, 0.29) is 5.82 Å². The lowest BCUT2D eigenvalue weighted by molar-refractivity contribution is 0.621. The molecule has 4 heteroatoms. The fraction of sp³-hybridized carbons (Fsp3) is 0.455. The molecule has 2 nitrogen and oxygen atoms in total. The molecule has 1 aromatic carbocycles. The van der Waals surface area contributed by atoms with Gasteiger partial charge < -0.3 is 11.1 Å². The Bertz CT molecular complexity index is 377. The van der Waals surface area contributed by atoms with E-state index in [0.29, 0.717) is 16.2 Å². The van der Waals surface area contributed by atoms with Crippen LogP contribution in [0.3, 0.4) is 0 Å². The quantitative estimate of drug-likeness (QED) is 0.828. The first kappa shape index (κ1) is 10.7. The number of nitrogens with two attached hydrogens (primary N) is 1. The summed E-state index contributed by atoms with van der Waals surface area (Å²) in [6.07, 6.45) is 2.55. The van der Waals surface area contributed by atoms with Crippen molar-refractivity contribution < 1.29 is 4.39 Å². The number of rotatable bonds is 3. The van der Waals surface area contributed by atoms with E-state index in [2.05, 4.69) is 28.2 Å². The van der Waals surface area contributed by atoms with Crippen molar-refractivity contribution in [3.05, 3.63) is 22.4 Å². The molecule has 0 aliphatic heterocycles. The summed E-state index contributed by atoms with van der Waals surface area (Å²) in [5.41, 5.74) is 7.01. The zero-order valence-corrected chi connectivity index (χ0v) is 10.1. The Labute approximate surface area is 97.2 Å². The number of nitrogen functional groups attached to an aromatic ring is 1. The van der Waals surface area contributed by atoms with Crippen LogP contribution in [0.4, 0.5) is 15.8 Å². The van der Waals surface area contributed by atoms with Crippen LogP contribution in [0.1, 0.15) is 19.8 Å². The molecule has 2 rings (SSSR count). The first-order chi connectivity index (χ1) is 7.08. The average molecular weight is 273 g/mol. The van der Waals surface area contributed by atoms with E-state index in [1.165, 1.54) is 18.9 Å². The van der Waals surface area contributed by atoms with Gasteiger partial charge in [-0.2, -0.15) is 0 Å². The molecule has 0 spiro atoms. The average Bonchev–Trinajstić information content (AvgIpc) is 2.97. The minimum Gasteiger partial charge on any atom is -0.397 e. The maximum Gasteiger partial charge on any atom is 0.139 e. The van der Waals surface area contributed by atoms with Crippen molar-refractivity contribution in [1.82, 2.24) is 0 Å². The van der Waals surface area contributed by atoms with Gasteiger partial charge in [0, 0.05) is 12.1 Å². The standard InChI is InChI=1S/C11H14BrFN2/c1-6(7-2-3-7)15-11-4-8(12)9(13)5-10(11)14/h4-7,15H,2-3,14H2,1H3. The molecule has 1 atom stereocenters. The Morgan fingerprint density at radius 2 is 2.20 bits per heavy atom. The number of hydrogen-bond acceptors (Lipinski definition) is 2. The van der Waals surface area contributed by atoms with Crippen molar-refractivity contribution in [3.63, 3.8) is 0 Å². The maximum absolute atomic E-state index is 13.1. The molecule has 3 N–H and O–H groups in total. The first-order valence-corrected chi connectivity index (χ1v) is 5.88. The highest BCUT2D eigenvalue weighted by molar-refractivity contribution is 9.10. The highest BCUT2D eigenvalue weighted by Gasteiger charge is 2.28. The predicted octanol–water partition coefficient (Wildman–Crippen LogP) is 3.38. The Kier molecular flexibility index (Phi) is 2.87. The maximum atomic E-state index is 13.1. The van der Waals surface area contributed by atoms with Crippen LogP contribution >= 0.6 is 15.9 Å². The van der Waals surface area contributed by atoms with Gasteiger partial charge in [-0.1, -0.05) is 0 Å². The lowest BCUT2D eigenvalue weighted by Crippen LogP contribution is -2.18. The molecule has 0 heterocycles. The summed E-state index contributed by atoms with van der Waals surface area (Å²) in [4.78, 5) is 0. The molecule has 1 aliphatic rings. The van der Waals surface area contributed by atoms with E-state index in [1.54, 1.807) is 6.07 Å². The van der Waals surface area contributed by atoms with Crippen LogP contribution in [0.2, 0.25) is 0 Å². The molecule has 1 unspecified atom stereocenters. The first-order valence-electron chi connectivity index (χ1n) is 5.09. The highest BCUT2D eigenvalue weighted by atomic mass is 79.9. The number of nitrogens with one attached hydrogen (secondary N) is 1. The summed E-state index contributed by atoms with van der Waals surface area (Å²) >= 11 is 3.15. The van der Waals surface area contributed by atoms with Gasteiger partial charge in [-0.25, -0.2) is 4.39 Å². The molecule has 1 aliphatic carbocycles. The zero-order valence-electron chi connectivity index (χ0n) is 8.56. The predicted molar refractivity (Wildman–Crippen MR) is 64.3 cm³/mol. The molecule has 0 radical (unpaired) electrons. The van der Waals surface area contributed by atoms with Gasteiger partial charge in [0.25, 0.3) is 0 Å². The third-order valence-electron chi connectivity index (χ3n) is 2.80. The van der Waals surface area contributed by atoms with Gasteiger partial charge in [-0.15, -0.1) is 0 Å². The number of hydrogen-bond donors (Lipinski definition) is 2. The molecular weight excluding hydrogens is 259 g/mol. The molecular formula is C11H14BrFN2. The van der Waals surface area contributed by atoms with Crippen molar-refractivity contribution in [1.29, 1.82) is 0 Å². The Hall–Kier alpha value is -0.770. The van der Waals surface area contributed by atoms with Gasteiger partial charge in [0.2, 0.25) is 0 Å². The molecule has 0 saturated heterocycles. The van der Waals surface area contributed by atoms with Gasteiger partial charge in [-0.3, -0.25) is 0 Å². The third-order valence-corrected chi connectivity index (χ3v) is 3.41. The lowest BCUT2D eigenvalue weighted by atomic mass is 10.2. The van der Waals surface area contributed by atoms with Crippen molar-refractivity contribution in [3.8, 4) is 0 Å². The molecule has 1 saturated carbocycles. The van der Waals surface area contributed by atoms with E-state index in [0.717, 1.165) is 11.6 Å². The van der Waals surface area contributed by atoms with Crippen molar-refractivity contribution in [2.45, 2.75) is 25.8 Å². The second-order valence-corrected chi connectivity index (χ2v) is 4.98. The summed E-state index contributed by atoms with van der Waals surface area (Å²) in [5, 5.41) is 3.32. The number of benzene rings is 1. The largest absolute Gasteiger partial charge is 0.397 e. The van der Waals surface area contributed by atoms with Crippen molar-refractivity contribution in [2.24, 2.45) is 5.92 Å². The zero-order chi connectivity index (χ0) is 11.0. The topological polar surface area (TPSA) is 38.0 Å². The SMILES string of the molecule is CC(Nc1cc(Br)c(F)cc1N)C1CC1. The second kappa shape index (κ2) is 4.00. The van der Waals surface area contributed by atoms with E-state index < -0.39 is 0 Å². The van der Waals surface area contributed by atoms with E-state index in [9.17, 15) is 4.39 Å². The molecule has 0 aromatic heterocycles. The Morgan fingerprint density at radius 1 is 1.53 bits per heavy atom. The molecule has 1 aromatic rings. The third kappa shape index (κ3) is 2.43. The molecule has 15 heavy (non-hydrogen) atoms. The van der Waals surface area contributed by atoms with Crippen LogP contribution in [-0.4, -0.2) is 6.04 Å². The summed E-state index contributed by atoms with van der Waals surface area (Å²) in [6.45, 7) is 2.13. The minimum absolute atomic E-state index is 0.322. The minimum atomic E-state index is -0.322. The Balaban J connectivity index is 2.16. The molecule has 0 bridgehead atoms. The monoisotopic (exact) mass is 272 g/mol. The normalized spacial score (nSPS) is 17.5. The van der Waals surface area contributed by atoms with E-state index >= 15 is 0 Å². The number of anilines is 2. The van der Waals surface area contributed by atoms with E-state index in [4.69, 9.17) is 5.73 Å². The van der Waals surface area contributed by atoms with E-state index in [1.807, 2.05) is 0 Å². The number of halogens is 2. The van der Waals surface area contributed by atoms with Gasteiger partial charge in [0.05, 0.1) is 15.8 Å². The summed E-state index contributed by atoms with van der Waals surface area (Å²) in [7, 11) is 0. The van der Waals surface area contributed by atoms with Crippen molar-refractivity contribution >= 4 is 27.3 Å². The molecule has 1 fully saturated rings. The highest BCUT2D eigenvalue weighted by Crippen LogP contribution is 2.35.